The number of nitrogens with one attached hydrogen (secondary N) is 2. The summed E-state index contributed by atoms with van der Waals surface area (Å²) in [6, 6.07) is 3.93. The van der Waals surface area contributed by atoms with Gasteiger partial charge in [-0.2, -0.15) is 18.3 Å². The van der Waals surface area contributed by atoms with Crippen LogP contribution in [0.3, 0.4) is 0 Å². The average molecular weight is 496 g/mol. The number of fused-ring (bicyclic) bond motifs is 1. The third-order valence-corrected chi connectivity index (χ3v) is 5.97. The highest BCUT2D eigenvalue weighted by Gasteiger charge is 2.45. The highest BCUT2D eigenvalue weighted by atomic mass is 19.4. The van der Waals surface area contributed by atoms with Crippen molar-refractivity contribution in [2.75, 3.05) is 26.0 Å². The lowest BCUT2D eigenvalue weighted by Crippen LogP contribution is -2.44. The molecule has 0 radical (unpaired) electrons. The van der Waals surface area contributed by atoms with Gasteiger partial charge in [0.1, 0.15) is 6.10 Å². The fourth-order valence-corrected chi connectivity index (χ4v) is 4.20. The van der Waals surface area contributed by atoms with Crippen LogP contribution in [-0.2, 0) is 23.0 Å². The van der Waals surface area contributed by atoms with E-state index in [2.05, 4.69) is 29.4 Å². The van der Waals surface area contributed by atoms with Crippen LogP contribution in [0.2, 0.25) is 0 Å². The number of alkyl halides is 3. The number of likely N-dealkylation sites (N-methyl/N-ethyl adjacent to an activating group) is 1. The molecule has 0 saturated carbocycles. The summed E-state index contributed by atoms with van der Waals surface area (Å²) in [5.74, 6) is -0.0292. The van der Waals surface area contributed by atoms with E-state index in [1.54, 1.807) is 4.90 Å². The number of anilines is 1. The molecule has 0 spiro atoms. The summed E-state index contributed by atoms with van der Waals surface area (Å²) in [5.41, 5.74) is -0.262. The van der Waals surface area contributed by atoms with E-state index in [1.165, 1.54) is 0 Å². The Kier molecular flexibility index (Phi) is 7.49. The number of carbonyl (C=O) groups excluding carboxylic acids is 2. The number of halogens is 3. The van der Waals surface area contributed by atoms with Gasteiger partial charge in [0.2, 0.25) is 0 Å². The van der Waals surface area contributed by atoms with Crippen molar-refractivity contribution in [3.63, 3.8) is 0 Å². The first-order valence-electron chi connectivity index (χ1n) is 11.4. The standard InChI is InChI=1S/C24H32F3N5O3/c1-14(2)11-17(12-31(5)6)35-22(34)32-13-18-19(23(32,3)4)29-30-20(18)28-21(33)15-7-9-16(10-8-15)24(25,26)27/h7-10,14,17H,11-13H2,1-6H3,(H2,28,29,30,33). The molecule has 1 aliphatic heterocycles. The van der Waals surface area contributed by atoms with Crippen LogP contribution in [0, 0.1) is 5.92 Å². The molecule has 35 heavy (non-hydrogen) atoms. The number of nitrogens with zero attached hydrogens (tertiary/aromatic N) is 3. The number of benzene rings is 1. The topological polar surface area (TPSA) is 90.6 Å². The van der Waals surface area contributed by atoms with Gasteiger partial charge in [-0.05, 0) is 64.5 Å². The highest BCUT2D eigenvalue weighted by Crippen LogP contribution is 2.41. The molecule has 8 nitrogen and oxygen atoms in total. The van der Waals surface area contributed by atoms with Gasteiger partial charge in [0, 0.05) is 17.7 Å². The van der Waals surface area contributed by atoms with Gasteiger partial charge in [-0.1, -0.05) is 13.8 Å². The smallest absolute Gasteiger partial charge is 0.416 e. The summed E-state index contributed by atoms with van der Waals surface area (Å²) in [6.45, 7) is 8.60. The van der Waals surface area contributed by atoms with Crippen molar-refractivity contribution in [2.24, 2.45) is 5.92 Å². The van der Waals surface area contributed by atoms with E-state index in [9.17, 15) is 22.8 Å². The molecule has 192 valence electrons. The monoisotopic (exact) mass is 495 g/mol. The molecule has 3 rings (SSSR count). The van der Waals surface area contributed by atoms with Crippen molar-refractivity contribution in [2.45, 2.75) is 58.5 Å². The van der Waals surface area contributed by atoms with Crippen LogP contribution < -0.4 is 5.32 Å². The maximum absolute atomic E-state index is 13.1. The first kappa shape index (κ1) is 26.5. The van der Waals surface area contributed by atoms with E-state index in [0.29, 0.717) is 23.7 Å². The number of H-pyrrole nitrogens is 1. The van der Waals surface area contributed by atoms with Crippen molar-refractivity contribution in [1.82, 2.24) is 20.0 Å². The third-order valence-electron chi connectivity index (χ3n) is 5.97. The summed E-state index contributed by atoms with van der Waals surface area (Å²) in [5, 5.41) is 9.70. The van der Waals surface area contributed by atoms with E-state index < -0.39 is 29.3 Å². The van der Waals surface area contributed by atoms with Gasteiger partial charge in [0.15, 0.2) is 5.82 Å². The zero-order valence-corrected chi connectivity index (χ0v) is 20.8. The highest BCUT2D eigenvalue weighted by molar-refractivity contribution is 6.04. The maximum atomic E-state index is 13.1. The first-order valence-corrected chi connectivity index (χ1v) is 11.4. The Morgan fingerprint density at radius 2 is 1.86 bits per heavy atom. The average Bonchev–Trinajstić information content (AvgIpc) is 3.24. The number of aromatic amines is 1. The Morgan fingerprint density at radius 1 is 1.23 bits per heavy atom. The second kappa shape index (κ2) is 9.88. The summed E-state index contributed by atoms with van der Waals surface area (Å²) in [6.07, 6.45) is -4.50. The van der Waals surface area contributed by atoms with E-state index >= 15 is 0 Å². The molecule has 2 N–H and O–H groups in total. The molecule has 1 aromatic heterocycles. The van der Waals surface area contributed by atoms with Gasteiger partial charge >= 0.3 is 12.3 Å². The van der Waals surface area contributed by atoms with Crippen molar-refractivity contribution in [1.29, 1.82) is 0 Å². The minimum Gasteiger partial charge on any atom is -0.445 e. The van der Waals surface area contributed by atoms with E-state index in [1.807, 2.05) is 32.8 Å². The molecule has 11 heteroatoms. The summed E-state index contributed by atoms with van der Waals surface area (Å²) >= 11 is 0. The molecular formula is C24H32F3N5O3. The van der Waals surface area contributed by atoms with Crippen LogP contribution in [0.5, 0.6) is 0 Å². The lowest BCUT2D eigenvalue weighted by molar-refractivity contribution is -0.137. The van der Waals surface area contributed by atoms with Gasteiger partial charge in [-0.3, -0.25) is 14.8 Å². The molecule has 2 aromatic rings. The van der Waals surface area contributed by atoms with Gasteiger partial charge in [-0.15, -0.1) is 0 Å². The number of hydrogen-bond acceptors (Lipinski definition) is 5. The van der Waals surface area contributed by atoms with Gasteiger partial charge < -0.3 is 15.0 Å². The van der Waals surface area contributed by atoms with E-state index in [4.69, 9.17) is 4.74 Å². The van der Waals surface area contributed by atoms with Crippen LogP contribution in [0.25, 0.3) is 0 Å². The molecule has 1 aromatic carbocycles. The van der Waals surface area contributed by atoms with Crippen LogP contribution in [0.15, 0.2) is 24.3 Å². The van der Waals surface area contributed by atoms with E-state index in [0.717, 1.165) is 30.7 Å². The number of amides is 2. The summed E-state index contributed by atoms with van der Waals surface area (Å²) < 4.78 is 44.2. The van der Waals surface area contributed by atoms with Crippen LogP contribution in [-0.4, -0.2) is 58.7 Å². The van der Waals surface area contributed by atoms with Crippen LogP contribution in [0.4, 0.5) is 23.8 Å². The zero-order valence-electron chi connectivity index (χ0n) is 20.8. The minimum atomic E-state index is -4.48. The first-order chi connectivity index (χ1) is 16.2. The summed E-state index contributed by atoms with van der Waals surface area (Å²) in [4.78, 5) is 29.3. The molecule has 1 aliphatic rings. The molecule has 0 aliphatic carbocycles. The van der Waals surface area contributed by atoms with Crippen molar-refractivity contribution >= 4 is 17.8 Å². The number of carbonyl (C=O) groups is 2. The molecule has 2 heterocycles. The maximum Gasteiger partial charge on any atom is 0.416 e. The molecule has 0 fully saturated rings. The Hall–Kier alpha value is -3.08. The van der Waals surface area contributed by atoms with Crippen LogP contribution >= 0.6 is 0 Å². The predicted octanol–water partition coefficient (Wildman–Crippen LogP) is 4.84. The Bertz CT molecular complexity index is 1050. The van der Waals surface area contributed by atoms with Crippen molar-refractivity contribution in [3.05, 3.63) is 46.6 Å². The zero-order chi connectivity index (χ0) is 26.1. The lowest BCUT2D eigenvalue weighted by atomic mass is 10.0. The second-order valence-corrected chi connectivity index (χ2v) is 10.00. The SMILES string of the molecule is CC(C)CC(CN(C)C)OC(=O)N1Cc2c(NC(=O)c3ccc(C(F)(F)F)cc3)n[nH]c2C1(C)C. The number of hydrogen-bond donors (Lipinski definition) is 2. The van der Waals surface area contributed by atoms with Crippen LogP contribution in [0.1, 0.15) is 61.3 Å². The summed E-state index contributed by atoms with van der Waals surface area (Å²) in [7, 11) is 3.84. The molecule has 0 bridgehead atoms. The Morgan fingerprint density at radius 3 is 2.40 bits per heavy atom. The van der Waals surface area contributed by atoms with Crippen molar-refractivity contribution in [3.8, 4) is 0 Å². The number of rotatable bonds is 7. The van der Waals surface area contributed by atoms with Gasteiger partial charge in [0.05, 0.1) is 23.3 Å². The third kappa shape index (κ3) is 5.95. The van der Waals surface area contributed by atoms with Crippen molar-refractivity contribution < 1.29 is 27.5 Å². The number of ether oxygens (including phenoxy) is 1. The lowest BCUT2D eigenvalue weighted by Gasteiger charge is -2.33. The van der Waals surface area contributed by atoms with Gasteiger partial charge in [0.25, 0.3) is 5.91 Å². The minimum absolute atomic E-state index is 0.0588. The molecule has 0 saturated heterocycles. The second-order valence-electron chi connectivity index (χ2n) is 10.00. The molecule has 2 amide bonds. The quantitative estimate of drug-likeness (QED) is 0.574. The molecular weight excluding hydrogens is 463 g/mol. The fourth-order valence-electron chi connectivity index (χ4n) is 4.20. The van der Waals surface area contributed by atoms with E-state index in [-0.39, 0.29) is 24.0 Å². The Balaban J connectivity index is 1.74. The van der Waals surface area contributed by atoms with Gasteiger partial charge in [-0.25, -0.2) is 4.79 Å². The normalized spacial score (nSPS) is 15.9. The molecule has 1 atom stereocenters. The molecule has 1 unspecified atom stereocenters. The fraction of sp³-hybridized carbons (Fsp3) is 0.542. The largest absolute Gasteiger partial charge is 0.445 e. The predicted molar refractivity (Wildman–Crippen MR) is 125 cm³/mol. The number of aromatic nitrogens is 2. The Labute approximate surface area is 202 Å².